The van der Waals surface area contributed by atoms with E-state index in [1.54, 1.807) is 0 Å². The van der Waals surface area contributed by atoms with Crippen LogP contribution < -0.4 is 14.2 Å². The average molecular weight is 361 g/mol. The number of allylic oxidation sites excluding steroid dienone is 1. The van der Waals surface area contributed by atoms with Gasteiger partial charge in [0.25, 0.3) is 5.69 Å². The van der Waals surface area contributed by atoms with Crippen LogP contribution in [0.4, 0.5) is 10.1 Å². The zero-order chi connectivity index (χ0) is 19.3. The van der Waals surface area contributed by atoms with Crippen molar-refractivity contribution < 1.29 is 28.3 Å². The quantitative estimate of drug-likeness (QED) is 0.324. The van der Waals surface area contributed by atoms with Gasteiger partial charge in [0.1, 0.15) is 0 Å². The van der Waals surface area contributed by atoms with E-state index in [4.69, 9.17) is 14.2 Å². The third kappa shape index (κ3) is 3.97. The van der Waals surface area contributed by atoms with Crippen LogP contribution in [0.15, 0.2) is 36.4 Å². The minimum Gasteiger partial charge on any atom is -0.494 e. The SMILES string of the molecule is COc1ccc(C(=O)/C=C/c2cc(OC)c(OC)cc2[N+](=O)[O-])cc1F. The molecule has 2 rings (SSSR count). The number of methoxy groups -OCH3 is 3. The molecule has 0 N–H and O–H groups in total. The molecule has 0 amide bonds. The summed E-state index contributed by atoms with van der Waals surface area (Å²) >= 11 is 0. The number of carbonyl (C=O) groups excluding carboxylic acids is 1. The van der Waals surface area contributed by atoms with E-state index in [-0.39, 0.29) is 34.1 Å². The zero-order valence-electron chi connectivity index (χ0n) is 14.3. The Labute approximate surface area is 148 Å². The molecule has 0 unspecified atom stereocenters. The predicted molar refractivity (Wildman–Crippen MR) is 92.5 cm³/mol. The van der Waals surface area contributed by atoms with Gasteiger partial charge in [-0.15, -0.1) is 0 Å². The molecule has 0 saturated carbocycles. The van der Waals surface area contributed by atoms with Crippen LogP contribution in [0.5, 0.6) is 17.2 Å². The molecule has 136 valence electrons. The summed E-state index contributed by atoms with van der Waals surface area (Å²) in [6, 6.07) is 6.35. The average Bonchev–Trinajstić information content (AvgIpc) is 2.64. The Morgan fingerprint density at radius 3 is 2.19 bits per heavy atom. The highest BCUT2D eigenvalue weighted by molar-refractivity contribution is 6.07. The number of carbonyl (C=O) groups is 1. The van der Waals surface area contributed by atoms with Crippen molar-refractivity contribution in [3.8, 4) is 17.2 Å². The highest BCUT2D eigenvalue weighted by Crippen LogP contribution is 2.35. The normalized spacial score (nSPS) is 10.6. The van der Waals surface area contributed by atoms with Gasteiger partial charge in [-0.2, -0.15) is 0 Å². The van der Waals surface area contributed by atoms with Crippen molar-refractivity contribution in [2.24, 2.45) is 0 Å². The van der Waals surface area contributed by atoms with Crippen LogP contribution >= 0.6 is 0 Å². The Kier molecular flexibility index (Phi) is 5.90. The number of ether oxygens (including phenoxy) is 3. The van der Waals surface area contributed by atoms with Crippen molar-refractivity contribution in [2.45, 2.75) is 0 Å². The molecule has 0 radical (unpaired) electrons. The van der Waals surface area contributed by atoms with Crippen molar-refractivity contribution in [3.63, 3.8) is 0 Å². The van der Waals surface area contributed by atoms with Gasteiger partial charge in [-0.1, -0.05) is 0 Å². The maximum absolute atomic E-state index is 13.7. The molecule has 8 heteroatoms. The molecule has 2 aromatic carbocycles. The Hall–Kier alpha value is -3.42. The van der Waals surface area contributed by atoms with Crippen molar-refractivity contribution >= 4 is 17.5 Å². The number of rotatable bonds is 7. The van der Waals surface area contributed by atoms with Crippen molar-refractivity contribution in [1.29, 1.82) is 0 Å². The molecular weight excluding hydrogens is 345 g/mol. The molecule has 0 spiro atoms. The largest absolute Gasteiger partial charge is 0.494 e. The number of benzene rings is 2. The molecule has 0 aliphatic rings. The van der Waals surface area contributed by atoms with E-state index in [2.05, 4.69) is 0 Å². The molecule has 0 heterocycles. The lowest BCUT2D eigenvalue weighted by Gasteiger charge is -2.08. The molecular formula is C18H16FNO6. The number of halogens is 1. The van der Waals surface area contributed by atoms with Gasteiger partial charge in [-0.25, -0.2) is 4.39 Å². The fourth-order valence-corrected chi connectivity index (χ4v) is 2.26. The summed E-state index contributed by atoms with van der Waals surface area (Å²) in [5, 5.41) is 11.2. The van der Waals surface area contributed by atoms with Crippen LogP contribution in [0.3, 0.4) is 0 Å². The number of nitrogens with zero attached hydrogens (tertiary/aromatic N) is 1. The van der Waals surface area contributed by atoms with Crippen LogP contribution in [0.2, 0.25) is 0 Å². The lowest BCUT2D eigenvalue weighted by Crippen LogP contribution is -1.99. The number of hydrogen-bond donors (Lipinski definition) is 0. The molecule has 0 aromatic heterocycles. The highest BCUT2D eigenvalue weighted by Gasteiger charge is 2.18. The van der Waals surface area contributed by atoms with Crippen molar-refractivity contribution in [1.82, 2.24) is 0 Å². The molecule has 0 saturated heterocycles. The smallest absolute Gasteiger partial charge is 0.280 e. The molecule has 0 bridgehead atoms. The summed E-state index contributed by atoms with van der Waals surface area (Å²) in [7, 11) is 4.07. The summed E-state index contributed by atoms with van der Waals surface area (Å²) in [6.45, 7) is 0. The number of ketones is 1. The van der Waals surface area contributed by atoms with Crippen LogP contribution in [0.1, 0.15) is 15.9 Å². The topological polar surface area (TPSA) is 87.9 Å². The van der Waals surface area contributed by atoms with Gasteiger partial charge in [-0.05, 0) is 36.4 Å². The Bertz CT molecular complexity index is 878. The standard InChI is InChI=1S/C18H16FNO6/c1-24-16-7-5-12(8-13(16)19)15(21)6-4-11-9-17(25-2)18(26-3)10-14(11)20(22)23/h4-10H,1-3H3/b6-4+. The molecule has 7 nitrogen and oxygen atoms in total. The summed E-state index contributed by atoms with van der Waals surface area (Å²) in [5.41, 5.74) is -0.0229. The molecule has 0 atom stereocenters. The first-order valence-corrected chi connectivity index (χ1v) is 7.37. The Balaban J connectivity index is 2.38. The Morgan fingerprint density at radius 2 is 1.65 bits per heavy atom. The van der Waals surface area contributed by atoms with E-state index < -0.39 is 16.5 Å². The second-order valence-electron chi connectivity index (χ2n) is 5.07. The van der Waals surface area contributed by atoms with E-state index in [9.17, 15) is 19.3 Å². The fourth-order valence-electron chi connectivity index (χ4n) is 2.26. The van der Waals surface area contributed by atoms with E-state index in [1.165, 1.54) is 51.7 Å². The number of nitro benzene ring substituents is 1. The van der Waals surface area contributed by atoms with E-state index in [1.807, 2.05) is 0 Å². The van der Waals surface area contributed by atoms with Gasteiger partial charge in [0.2, 0.25) is 0 Å². The maximum atomic E-state index is 13.7. The fraction of sp³-hybridized carbons (Fsp3) is 0.167. The van der Waals surface area contributed by atoms with Crippen molar-refractivity contribution in [2.75, 3.05) is 21.3 Å². The second-order valence-corrected chi connectivity index (χ2v) is 5.07. The lowest BCUT2D eigenvalue weighted by molar-refractivity contribution is -0.385. The summed E-state index contributed by atoms with van der Waals surface area (Å²) in [5.74, 6) is -0.707. The maximum Gasteiger partial charge on any atom is 0.280 e. The van der Waals surface area contributed by atoms with E-state index in [0.717, 1.165) is 12.1 Å². The number of hydrogen-bond acceptors (Lipinski definition) is 6. The first-order chi connectivity index (χ1) is 12.4. The van der Waals surface area contributed by atoms with Crippen LogP contribution in [-0.2, 0) is 0 Å². The minimum atomic E-state index is -0.677. The molecule has 26 heavy (non-hydrogen) atoms. The zero-order valence-corrected chi connectivity index (χ0v) is 14.3. The molecule has 0 fully saturated rings. The Morgan fingerprint density at radius 1 is 1.04 bits per heavy atom. The molecule has 0 aliphatic carbocycles. The van der Waals surface area contributed by atoms with Gasteiger partial charge in [0.15, 0.2) is 28.8 Å². The van der Waals surface area contributed by atoms with Crippen LogP contribution in [0.25, 0.3) is 6.08 Å². The summed E-state index contributed by atoms with van der Waals surface area (Å²) in [6.07, 6.45) is 2.39. The van der Waals surface area contributed by atoms with Gasteiger partial charge >= 0.3 is 0 Å². The van der Waals surface area contributed by atoms with Gasteiger partial charge in [0, 0.05) is 5.56 Å². The first kappa shape index (κ1) is 18.9. The lowest BCUT2D eigenvalue weighted by atomic mass is 10.1. The van der Waals surface area contributed by atoms with Gasteiger partial charge in [0.05, 0.1) is 37.9 Å². The monoisotopic (exact) mass is 361 g/mol. The highest BCUT2D eigenvalue weighted by atomic mass is 19.1. The van der Waals surface area contributed by atoms with Crippen LogP contribution in [0, 0.1) is 15.9 Å². The summed E-state index contributed by atoms with van der Waals surface area (Å²) < 4.78 is 28.7. The first-order valence-electron chi connectivity index (χ1n) is 7.37. The third-order valence-electron chi connectivity index (χ3n) is 3.58. The summed E-state index contributed by atoms with van der Waals surface area (Å²) in [4.78, 5) is 22.9. The third-order valence-corrected chi connectivity index (χ3v) is 3.58. The predicted octanol–water partition coefficient (Wildman–Crippen LogP) is 3.66. The van der Waals surface area contributed by atoms with Gasteiger partial charge in [-0.3, -0.25) is 14.9 Å². The van der Waals surface area contributed by atoms with Gasteiger partial charge < -0.3 is 14.2 Å². The van der Waals surface area contributed by atoms with E-state index >= 15 is 0 Å². The van der Waals surface area contributed by atoms with Crippen molar-refractivity contribution in [3.05, 3.63) is 63.5 Å². The minimum absolute atomic E-state index is 0.0149. The molecule has 2 aromatic rings. The second kappa shape index (κ2) is 8.11. The number of nitro groups is 1. The van der Waals surface area contributed by atoms with Crippen LogP contribution in [-0.4, -0.2) is 32.0 Å². The molecule has 0 aliphatic heterocycles. The van der Waals surface area contributed by atoms with E-state index in [0.29, 0.717) is 0 Å².